The maximum Gasteiger partial charge on any atom is 0.273 e. The minimum Gasteiger partial charge on any atom is -0.332 e. The van der Waals surface area contributed by atoms with Gasteiger partial charge in [0.1, 0.15) is 5.69 Å². The van der Waals surface area contributed by atoms with E-state index in [1.807, 2.05) is 34.3 Å². The van der Waals surface area contributed by atoms with Crippen LogP contribution in [0.25, 0.3) is 0 Å². The number of aryl methyl sites for hydroxylation is 1. The van der Waals surface area contributed by atoms with Crippen molar-refractivity contribution in [1.29, 1.82) is 0 Å². The number of nitrogens with zero attached hydrogens (tertiary/aromatic N) is 4. The molecule has 2 aromatic rings. The average molecular weight is 316 g/mol. The molecule has 116 valence electrons. The van der Waals surface area contributed by atoms with Crippen molar-refractivity contribution in [1.82, 2.24) is 19.7 Å². The van der Waals surface area contributed by atoms with Gasteiger partial charge in [0.2, 0.25) is 0 Å². The van der Waals surface area contributed by atoms with E-state index < -0.39 is 0 Å². The maximum absolute atomic E-state index is 12.7. The molecular formula is C16H20N4OS. The lowest BCUT2D eigenvalue weighted by molar-refractivity contribution is 0.0716. The van der Waals surface area contributed by atoms with E-state index in [1.54, 1.807) is 11.3 Å². The standard InChI is InChI=1S/C16H20N4OS/c1-11-7-17-19(8-11)9-13-3-2-6-20(13)16(21)14-10-22-15(18-14)12-4-5-12/h7-8,10,12-13H,2-6,9H2,1H3/t13-/m0/s1. The highest BCUT2D eigenvalue weighted by Crippen LogP contribution is 2.41. The third-order valence-electron chi connectivity index (χ3n) is 4.47. The van der Waals surface area contributed by atoms with E-state index in [1.165, 1.54) is 12.8 Å². The third-order valence-corrected chi connectivity index (χ3v) is 5.47. The van der Waals surface area contributed by atoms with Crippen molar-refractivity contribution in [2.45, 2.75) is 51.1 Å². The van der Waals surface area contributed by atoms with Gasteiger partial charge in [-0.2, -0.15) is 5.10 Å². The van der Waals surface area contributed by atoms with Gasteiger partial charge in [-0.1, -0.05) is 0 Å². The lowest BCUT2D eigenvalue weighted by atomic mass is 10.2. The van der Waals surface area contributed by atoms with Crippen LogP contribution in [0.1, 0.15) is 52.7 Å². The number of hydrogen-bond acceptors (Lipinski definition) is 4. The van der Waals surface area contributed by atoms with E-state index in [4.69, 9.17) is 0 Å². The Kier molecular flexibility index (Phi) is 3.48. The fourth-order valence-electron chi connectivity index (χ4n) is 3.13. The number of thiazole rings is 1. The molecule has 1 amide bonds. The molecule has 1 aliphatic carbocycles. The van der Waals surface area contributed by atoms with Crippen LogP contribution < -0.4 is 0 Å². The van der Waals surface area contributed by atoms with Crippen LogP contribution in [0.4, 0.5) is 0 Å². The fraction of sp³-hybridized carbons (Fsp3) is 0.562. The van der Waals surface area contributed by atoms with Crippen LogP contribution >= 0.6 is 11.3 Å². The second-order valence-electron chi connectivity index (χ2n) is 6.38. The summed E-state index contributed by atoms with van der Waals surface area (Å²) in [5.41, 5.74) is 1.79. The maximum atomic E-state index is 12.7. The Hall–Kier alpha value is -1.69. The minimum atomic E-state index is 0.0922. The lowest BCUT2D eigenvalue weighted by Gasteiger charge is -2.23. The van der Waals surface area contributed by atoms with Crippen molar-refractivity contribution >= 4 is 17.2 Å². The molecule has 0 spiro atoms. The normalized spacial score (nSPS) is 21.5. The summed E-state index contributed by atoms with van der Waals surface area (Å²) in [5, 5.41) is 7.42. The van der Waals surface area contributed by atoms with Crippen molar-refractivity contribution in [2.75, 3.05) is 6.54 Å². The predicted octanol–water partition coefficient (Wildman–Crippen LogP) is 2.83. The zero-order chi connectivity index (χ0) is 15.1. The molecule has 4 rings (SSSR count). The molecule has 1 saturated heterocycles. The van der Waals surface area contributed by atoms with Crippen LogP contribution in [0.5, 0.6) is 0 Å². The summed E-state index contributed by atoms with van der Waals surface area (Å²) >= 11 is 1.64. The molecular weight excluding hydrogens is 296 g/mol. The Balaban J connectivity index is 1.48. The van der Waals surface area contributed by atoms with E-state index in [0.717, 1.165) is 36.5 Å². The largest absolute Gasteiger partial charge is 0.332 e. The quantitative estimate of drug-likeness (QED) is 0.871. The molecule has 2 fully saturated rings. The molecule has 2 aliphatic rings. The van der Waals surface area contributed by atoms with E-state index in [2.05, 4.69) is 10.1 Å². The predicted molar refractivity (Wildman–Crippen MR) is 85.1 cm³/mol. The van der Waals surface area contributed by atoms with Gasteiger partial charge in [-0.25, -0.2) is 4.98 Å². The third kappa shape index (κ3) is 2.67. The van der Waals surface area contributed by atoms with E-state index >= 15 is 0 Å². The van der Waals surface area contributed by atoms with E-state index in [-0.39, 0.29) is 11.9 Å². The van der Waals surface area contributed by atoms with Gasteiger partial charge in [-0.05, 0) is 38.2 Å². The van der Waals surface area contributed by atoms with Gasteiger partial charge in [0.15, 0.2) is 0 Å². The van der Waals surface area contributed by atoms with Gasteiger partial charge in [0.25, 0.3) is 5.91 Å². The Labute approximate surface area is 134 Å². The number of carbonyl (C=O) groups excluding carboxylic acids is 1. The highest BCUT2D eigenvalue weighted by molar-refractivity contribution is 7.10. The molecule has 0 aromatic carbocycles. The number of rotatable bonds is 4. The lowest BCUT2D eigenvalue weighted by Crippen LogP contribution is -2.38. The van der Waals surface area contributed by atoms with Crippen LogP contribution in [0.2, 0.25) is 0 Å². The first-order chi connectivity index (χ1) is 10.7. The highest BCUT2D eigenvalue weighted by atomic mass is 32.1. The summed E-state index contributed by atoms with van der Waals surface area (Å²) in [5.74, 6) is 0.711. The van der Waals surface area contributed by atoms with Gasteiger partial charge in [0.05, 0.1) is 23.8 Å². The summed E-state index contributed by atoms with van der Waals surface area (Å²) in [4.78, 5) is 19.3. The van der Waals surface area contributed by atoms with Crippen LogP contribution in [0.15, 0.2) is 17.8 Å². The number of hydrogen-bond donors (Lipinski definition) is 0. The summed E-state index contributed by atoms with van der Waals surface area (Å²) in [6, 6.07) is 0.234. The first-order valence-electron chi connectivity index (χ1n) is 7.96. The van der Waals surface area contributed by atoms with Gasteiger partial charge in [-0.15, -0.1) is 11.3 Å². The molecule has 3 heterocycles. The van der Waals surface area contributed by atoms with Gasteiger partial charge in [-0.3, -0.25) is 9.48 Å². The molecule has 22 heavy (non-hydrogen) atoms. The van der Waals surface area contributed by atoms with Gasteiger partial charge >= 0.3 is 0 Å². The smallest absolute Gasteiger partial charge is 0.273 e. The second-order valence-corrected chi connectivity index (χ2v) is 7.27. The van der Waals surface area contributed by atoms with Crippen LogP contribution in [-0.2, 0) is 6.54 Å². The number of amides is 1. The van der Waals surface area contributed by atoms with Crippen molar-refractivity contribution in [3.05, 3.63) is 34.0 Å². The van der Waals surface area contributed by atoms with E-state index in [9.17, 15) is 4.79 Å². The molecule has 6 heteroatoms. The molecule has 1 aliphatic heterocycles. The highest BCUT2D eigenvalue weighted by Gasteiger charge is 2.32. The molecule has 2 aromatic heterocycles. The molecule has 0 N–H and O–H groups in total. The molecule has 0 unspecified atom stereocenters. The first-order valence-corrected chi connectivity index (χ1v) is 8.84. The Morgan fingerprint density at radius 2 is 2.27 bits per heavy atom. The van der Waals surface area contributed by atoms with E-state index in [0.29, 0.717) is 11.6 Å². The van der Waals surface area contributed by atoms with Crippen molar-refractivity contribution in [3.63, 3.8) is 0 Å². The van der Waals surface area contributed by atoms with Crippen molar-refractivity contribution in [3.8, 4) is 0 Å². The SMILES string of the molecule is Cc1cnn(C[C@@H]2CCCN2C(=O)c2csc(C3CC3)n2)c1. The number of carbonyl (C=O) groups is 1. The van der Waals surface area contributed by atoms with Crippen LogP contribution in [0.3, 0.4) is 0 Å². The summed E-state index contributed by atoms with van der Waals surface area (Å²) in [7, 11) is 0. The van der Waals surface area contributed by atoms with Gasteiger partial charge in [0, 0.05) is 24.0 Å². The molecule has 1 saturated carbocycles. The van der Waals surface area contributed by atoms with Crippen LogP contribution in [-0.4, -0.2) is 38.2 Å². The molecule has 1 atom stereocenters. The second kappa shape index (κ2) is 5.50. The van der Waals surface area contributed by atoms with Crippen molar-refractivity contribution < 1.29 is 4.79 Å². The van der Waals surface area contributed by atoms with Gasteiger partial charge < -0.3 is 4.90 Å². The number of likely N-dealkylation sites (tertiary alicyclic amines) is 1. The topological polar surface area (TPSA) is 51.0 Å². The molecule has 0 bridgehead atoms. The Bertz CT molecular complexity index is 688. The summed E-state index contributed by atoms with van der Waals surface area (Å²) in [6.45, 7) is 3.65. The zero-order valence-corrected chi connectivity index (χ0v) is 13.6. The first kappa shape index (κ1) is 13.9. The Morgan fingerprint density at radius 1 is 1.41 bits per heavy atom. The summed E-state index contributed by atoms with van der Waals surface area (Å²) in [6.07, 6.45) is 8.47. The minimum absolute atomic E-state index is 0.0922. The van der Waals surface area contributed by atoms with Crippen LogP contribution in [0, 0.1) is 6.92 Å². The zero-order valence-electron chi connectivity index (χ0n) is 12.7. The molecule has 0 radical (unpaired) electrons. The molecule has 5 nitrogen and oxygen atoms in total. The fourth-order valence-corrected chi connectivity index (χ4v) is 4.09. The average Bonchev–Trinajstić information content (AvgIpc) is 2.92. The Morgan fingerprint density at radius 3 is 3.00 bits per heavy atom. The summed E-state index contributed by atoms with van der Waals surface area (Å²) < 4.78 is 1.95. The monoisotopic (exact) mass is 316 g/mol. The van der Waals surface area contributed by atoms with Crippen molar-refractivity contribution in [2.24, 2.45) is 0 Å². The number of aromatic nitrogens is 3.